The molecule has 0 saturated carbocycles. The van der Waals surface area contributed by atoms with Crippen molar-refractivity contribution in [3.8, 4) is 22.3 Å². The summed E-state index contributed by atoms with van der Waals surface area (Å²) in [5, 5.41) is 25.8. The van der Waals surface area contributed by atoms with Gasteiger partial charge < -0.3 is 25.4 Å². The number of nitrogens with two attached hydrogens (primary N) is 1. The Balaban J connectivity index is 0.000000188. The fourth-order valence-electron chi connectivity index (χ4n) is 6.11. The predicted octanol–water partition coefficient (Wildman–Crippen LogP) is 5.39. The van der Waals surface area contributed by atoms with E-state index in [9.17, 15) is 26.9 Å². The number of sulfone groups is 2. The van der Waals surface area contributed by atoms with E-state index in [2.05, 4.69) is 20.9 Å². The maximum atomic E-state index is 11.5. The van der Waals surface area contributed by atoms with Crippen molar-refractivity contribution < 1.29 is 30.8 Å². The van der Waals surface area contributed by atoms with Crippen LogP contribution < -0.4 is 16.4 Å². The van der Waals surface area contributed by atoms with Gasteiger partial charge in [-0.05, 0) is 82.7 Å². The number of nitro groups is 1. The summed E-state index contributed by atoms with van der Waals surface area (Å²) in [6.07, 6.45) is 2.14. The molecule has 6 rings (SSSR count). The number of aryl methyl sites for hydroxylation is 4. The third-order valence-corrected chi connectivity index (χ3v) is 12.1. The number of nitrogens with one attached hydrogen (secondary N) is 2. The van der Waals surface area contributed by atoms with Gasteiger partial charge in [0.2, 0.25) is 0 Å². The van der Waals surface area contributed by atoms with Gasteiger partial charge in [-0.25, -0.2) is 16.8 Å². The first-order valence-corrected chi connectivity index (χ1v) is 19.2. The van der Waals surface area contributed by atoms with E-state index in [4.69, 9.17) is 14.8 Å². The number of nitrogen functional groups attached to an aromatic ring is 1. The molecule has 2 aromatic carbocycles. The van der Waals surface area contributed by atoms with Crippen molar-refractivity contribution >= 4 is 42.4 Å². The fourth-order valence-corrected chi connectivity index (χ4v) is 9.09. The number of aromatic nitrogens is 2. The number of hydrogen-bond acceptors (Lipinski definition) is 13. The second kappa shape index (κ2) is 14.0. The first kappa shape index (κ1) is 34.9. The maximum absolute atomic E-state index is 11.5. The van der Waals surface area contributed by atoms with Gasteiger partial charge in [-0.3, -0.25) is 10.1 Å². The van der Waals surface area contributed by atoms with Crippen LogP contribution in [0.5, 0.6) is 0 Å². The molecule has 0 radical (unpaired) electrons. The van der Waals surface area contributed by atoms with Gasteiger partial charge in [0.05, 0.1) is 50.7 Å². The molecule has 2 fully saturated rings. The summed E-state index contributed by atoms with van der Waals surface area (Å²) in [6, 6.07) is 10.8. The molecule has 2 aliphatic heterocycles. The summed E-state index contributed by atoms with van der Waals surface area (Å²) < 4.78 is 56.3. The highest BCUT2D eigenvalue weighted by molar-refractivity contribution is 7.91. The fraction of sp³-hybridized carbons (Fsp3) is 0.438. The first-order valence-electron chi connectivity index (χ1n) is 15.6. The highest BCUT2D eigenvalue weighted by Crippen LogP contribution is 2.35. The average Bonchev–Trinajstić information content (AvgIpc) is 3.55. The van der Waals surface area contributed by atoms with Crippen LogP contribution in [-0.4, -0.2) is 67.2 Å². The minimum absolute atomic E-state index is 0.0501. The number of hydrogen-bond donors (Lipinski definition) is 3. The Hall–Kier alpha value is -4.44. The summed E-state index contributed by atoms with van der Waals surface area (Å²) in [6.45, 7) is 7.32. The zero-order valence-electron chi connectivity index (χ0n) is 27.3. The van der Waals surface area contributed by atoms with Crippen molar-refractivity contribution in [1.29, 1.82) is 0 Å². The quantitative estimate of drug-likeness (QED) is 0.126. The number of nitro benzene ring substituents is 1. The molecule has 0 unspecified atom stereocenters. The van der Waals surface area contributed by atoms with Crippen molar-refractivity contribution in [2.24, 2.45) is 0 Å². The van der Waals surface area contributed by atoms with Gasteiger partial charge in [0.25, 0.3) is 5.69 Å². The Kier molecular flexibility index (Phi) is 10.1. The molecule has 0 atom stereocenters. The van der Waals surface area contributed by atoms with Crippen LogP contribution in [0.1, 0.15) is 48.6 Å². The zero-order chi connectivity index (χ0) is 34.8. The average molecular weight is 701 g/mol. The molecule has 0 aliphatic carbocycles. The van der Waals surface area contributed by atoms with Gasteiger partial charge in [0.1, 0.15) is 36.9 Å². The molecule has 0 spiro atoms. The normalized spacial score (nSPS) is 17.7. The van der Waals surface area contributed by atoms with Crippen molar-refractivity contribution in [3.05, 3.63) is 69.4 Å². The van der Waals surface area contributed by atoms with E-state index in [1.165, 1.54) is 6.07 Å². The van der Waals surface area contributed by atoms with Crippen molar-refractivity contribution in [2.75, 3.05) is 39.4 Å². The molecule has 48 heavy (non-hydrogen) atoms. The summed E-state index contributed by atoms with van der Waals surface area (Å²) in [5.74, 6) is 2.06. The summed E-state index contributed by atoms with van der Waals surface area (Å²) in [4.78, 5) is 11.0. The summed E-state index contributed by atoms with van der Waals surface area (Å²) in [7, 11) is -5.82. The van der Waals surface area contributed by atoms with Crippen LogP contribution in [0.25, 0.3) is 22.3 Å². The van der Waals surface area contributed by atoms with E-state index in [0.717, 1.165) is 33.8 Å². The molecule has 2 aliphatic rings. The highest BCUT2D eigenvalue weighted by Gasteiger charge is 2.27. The minimum atomic E-state index is -2.97. The molecule has 4 aromatic rings. The van der Waals surface area contributed by atoms with Crippen LogP contribution in [0, 0.1) is 37.8 Å². The minimum Gasteiger partial charge on any atom is -0.397 e. The molecular weight excluding hydrogens is 661 g/mol. The lowest BCUT2D eigenvalue weighted by Crippen LogP contribution is -2.32. The molecule has 16 heteroatoms. The number of nitrogens with zero attached hydrogens (tertiary/aromatic N) is 3. The first-order chi connectivity index (χ1) is 22.6. The molecular formula is C32H40N6O8S2. The lowest BCUT2D eigenvalue weighted by Gasteiger charge is -2.25. The van der Waals surface area contributed by atoms with E-state index in [1.54, 1.807) is 26.0 Å². The van der Waals surface area contributed by atoms with Crippen molar-refractivity contribution in [1.82, 2.24) is 10.3 Å². The number of benzene rings is 2. The van der Waals surface area contributed by atoms with Gasteiger partial charge in [-0.1, -0.05) is 22.4 Å². The standard InChI is InChI=1S/C16H19N3O5S.C16H21N3O3S/c1-10-16(11(2)24-18-10)12-3-4-14(15(9-12)19(20)21)17-13-5-7-25(22,23)8-6-13;1-10-16(11(2)22-19-10)12-3-4-15(14(17)9-12)18-13-5-7-23(20,21)8-6-13/h3-4,9,13,17H,5-8H2,1-2H3;3-4,9,13,18H,5-8,17H2,1-2H3. The van der Waals surface area contributed by atoms with Crippen LogP contribution in [0.4, 0.5) is 22.7 Å². The lowest BCUT2D eigenvalue weighted by molar-refractivity contribution is -0.383. The summed E-state index contributed by atoms with van der Waals surface area (Å²) >= 11 is 0. The number of rotatable bonds is 7. The maximum Gasteiger partial charge on any atom is 0.292 e. The van der Waals surface area contributed by atoms with E-state index in [0.29, 0.717) is 54.1 Å². The Bertz CT molecular complexity index is 1970. The van der Waals surface area contributed by atoms with Gasteiger partial charge in [-0.15, -0.1) is 0 Å². The second-order valence-corrected chi connectivity index (χ2v) is 16.9. The largest absolute Gasteiger partial charge is 0.397 e. The third kappa shape index (κ3) is 8.16. The Morgan fingerprint density at radius 2 is 1.15 bits per heavy atom. The van der Waals surface area contributed by atoms with Crippen molar-refractivity contribution in [2.45, 2.75) is 65.5 Å². The topological polar surface area (TPSA) is 214 Å². The van der Waals surface area contributed by atoms with Crippen LogP contribution in [0.3, 0.4) is 0 Å². The van der Waals surface area contributed by atoms with Gasteiger partial charge in [-0.2, -0.15) is 0 Å². The molecule has 2 saturated heterocycles. The van der Waals surface area contributed by atoms with Gasteiger partial charge in [0.15, 0.2) is 0 Å². The van der Waals surface area contributed by atoms with Gasteiger partial charge in [0, 0.05) is 29.3 Å². The van der Waals surface area contributed by atoms with Crippen LogP contribution in [0.2, 0.25) is 0 Å². The molecule has 258 valence electrons. The molecule has 0 bridgehead atoms. The summed E-state index contributed by atoms with van der Waals surface area (Å²) in [5.41, 5.74) is 12.8. The molecule has 14 nitrogen and oxygen atoms in total. The van der Waals surface area contributed by atoms with Crippen molar-refractivity contribution in [3.63, 3.8) is 0 Å². The van der Waals surface area contributed by atoms with E-state index in [1.807, 2.05) is 32.0 Å². The van der Waals surface area contributed by atoms with E-state index < -0.39 is 24.6 Å². The molecule has 0 amide bonds. The van der Waals surface area contributed by atoms with Crippen LogP contribution in [-0.2, 0) is 19.7 Å². The SMILES string of the molecule is Cc1noc(C)c1-c1ccc(NC2CCS(=O)(=O)CC2)c(N)c1.Cc1noc(C)c1-c1ccc(NC2CCS(=O)(=O)CC2)c([N+](=O)[O-])c1. The van der Waals surface area contributed by atoms with Crippen LogP contribution >= 0.6 is 0 Å². The second-order valence-electron chi connectivity index (χ2n) is 12.3. The van der Waals surface area contributed by atoms with Crippen LogP contribution in [0.15, 0.2) is 45.4 Å². The molecule has 4 N–H and O–H groups in total. The van der Waals surface area contributed by atoms with E-state index >= 15 is 0 Å². The highest BCUT2D eigenvalue weighted by atomic mass is 32.2. The zero-order valence-corrected chi connectivity index (χ0v) is 28.9. The molecule has 4 heterocycles. The monoisotopic (exact) mass is 700 g/mol. The smallest absolute Gasteiger partial charge is 0.292 e. The van der Waals surface area contributed by atoms with E-state index in [-0.39, 0.29) is 40.8 Å². The third-order valence-electron chi connectivity index (χ3n) is 8.72. The van der Waals surface area contributed by atoms with Gasteiger partial charge >= 0.3 is 0 Å². The lowest BCUT2D eigenvalue weighted by atomic mass is 10.0. The molecule has 2 aromatic heterocycles. The predicted molar refractivity (Wildman–Crippen MR) is 184 cm³/mol. The Morgan fingerprint density at radius 1 is 0.729 bits per heavy atom. The Labute approximate surface area is 279 Å². The Morgan fingerprint density at radius 3 is 1.54 bits per heavy atom. The number of anilines is 3.